The third-order valence-corrected chi connectivity index (χ3v) is 9.75. The molecule has 2 unspecified atom stereocenters. The fourth-order valence-corrected chi connectivity index (χ4v) is 6.73. The second kappa shape index (κ2) is 14.6. The first-order valence-corrected chi connectivity index (χ1v) is 16.4. The van der Waals surface area contributed by atoms with Gasteiger partial charge in [0.25, 0.3) is 0 Å². The van der Waals surface area contributed by atoms with Crippen molar-refractivity contribution in [3.63, 3.8) is 0 Å². The number of nitrogens with zero attached hydrogens (tertiary/aromatic N) is 2. The molecule has 8 heteroatoms. The average molecular weight is 601 g/mol. The highest BCUT2D eigenvalue weighted by Crippen LogP contribution is 2.37. The largest absolute Gasteiger partial charge is 0.390 e. The van der Waals surface area contributed by atoms with Gasteiger partial charge in [0.15, 0.2) is 0 Å². The van der Waals surface area contributed by atoms with Crippen LogP contribution in [0.25, 0.3) is 16.6 Å². The molecule has 1 aliphatic rings. The van der Waals surface area contributed by atoms with Gasteiger partial charge in [-0.25, -0.2) is 8.42 Å². The number of aliphatic hydroxyl groups excluding tert-OH is 1. The SMILES string of the molecule is C=C.C=C(NC(Cc1ccccc1)C(O)CNCCc1ccccc1)c1cc2c3c(c1)c(CC)cn3CCS(=O)(=O)N2C. The Morgan fingerprint density at radius 2 is 1.67 bits per heavy atom. The van der Waals surface area contributed by atoms with E-state index in [2.05, 4.69) is 78.4 Å². The summed E-state index contributed by atoms with van der Waals surface area (Å²) in [6, 6.07) is 24.1. The number of rotatable bonds is 12. The van der Waals surface area contributed by atoms with Gasteiger partial charge in [0, 0.05) is 37.4 Å². The summed E-state index contributed by atoms with van der Waals surface area (Å²) < 4.78 is 29.4. The molecule has 0 amide bonds. The van der Waals surface area contributed by atoms with E-state index in [1.165, 1.54) is 15.4 Å². The molecule has 0 saturated heterocycles. The number of aryl methyl sites for hydroxylation is 2. The Balaban J connectivity index is 0.00000207. The van der Waals surface area contributed by atoms with Crippen LogP contribution >= 0.6 is 0 Å². The van der Waals surface area contributed by atoms with Gasteiger partial charge in [0.1, 0.15) is 0 Å². The number of benzene rings is 3. The minimum Gasteiger partial charge on any atom is -0.390 e. The van der Waals surface area contributed by atoms with Gasteiger partial charge >= 0.3 is 0 Å². The molecule has 4 aromatic rings. The number of sulfonamides is 1. The van der Waals surface area contributed by atoms with Gasteiger partial charge in [-0.15, -0.1) is 13.2 Å². The second-order valence-electron chi connectivity index (χ2n) is 10.8. The lowest BCUT2D eigenvalue weighted by molar-refractivity contribution is 0.133. The van der Waals surface area contributed by atoms with Crippen molar-refractivity contribution >= 4 is 32.3 Å². The number of aliphatic hydroxyl groups is 1. The molecular formula is C35H44N4O3S. The highest BCUT2D eigenvalue weighted by molar-refractivity contribution is 7.92. The minimum atomic E-state index is -3.44. The third kappa shape index (κ3) is 7.57. The van der Waals surface area contributed by atoms with Crippen LogP contribution in [0.3, 0.4) is 0 Å². The first kappa shape index (κ1) is 32.1. The van der Waals surface area contributed by atoms with Crippen molar-refractivity contribution in [2.24, 2.45) is 0 Å². The highest BCUT2D eigenvalue weighted by Gasteiger charge is 2.28. The normalized spacial score (nSPS) is 15.2. The van der Waals surface area contributed by atoms with Crippen molar-refractivity contribution in [2.75, 3.05) is 30.2 Å². The molecular weight excluding hydrogens is 556 g/mol. The van der Waals surface area contributed by atoms with Gasteiger partial charge in [-0.1, -0.05) is 74.2 Å². The lowest BCUT2D eigenvalue weighted by Gasteiger charge is -2.27. The summed E-state index contributed by atoms with van der Waals surface area (Å²) in [7, 11) is -1.81. The molecule has 0 aliphatic carbocycles. The molecule has 3 N–H and O–H groups in total. The van der Waals surface area contributed by atoms with Crippen molar-refractivity contribution in [3.05, 3.63) is 121 Å². The predicted molar refractivity (Wildman–Crippen MR) is 180 cm³/mol. The number of hydrogen-bond donors (Lipinski definition) is 3. The van der Waals surface area contributed by atoms with Crippen LogP contribution in [-0.2, 0) is 35.8 Å². The molecule has 228 valence electrons. The maximum Gasteiger partial charge on any atom is 0.236 e. The van der Waals surface area contributed by atoms with Crippen LogP contribution in [0.15, 0.2) is 98.7 Å². The molecule has 2 heterocycles. The molecule has 0 bridgehead atoms. The zero-order chi connectivity index (χ0) is 31.0. The zero-order valence-corrected chi connectivity index (χ0v) is 26.1. The van der Waals surface area contributed by atoms with E-state index < -0.39 is 16.1 Å². The van der Waals surface area contributed by atoms with Crippen LogP contribution in [0.1, 0.15) is 29.2 Å². The Bertz CT molecular complexity index is 1620. The molecule has 3 aromatic carbocycles. The molecule has 2 atom stereocenters. The van der Waals surface area contributed by atoms with E-state index in [4.69, 9.17) is 0 Å². The second-order valence-corrected chi connectivity index (χ2v) is 12.9. The summed E-state index contributed by atoms with van der Waals surface area (Å²) in [6.07, 6.45) is 3.73. The number of anilines is 1. The first-order valence-electron chi connectivity index (χ1n) is 14.8. The molecule has 0 saturated carbocycles. The zero-order valence-electron chi connectivity index (χ0n) is 25.3. The van der Waals surface area contributed by atoms with Gasteiger partial charge in [-0.05, 0) is 60.2 Å². The van der Waals surface area contributed by atoms with Crippen LogP contribution in [-0.4, -0.2) is 56.1 Å². The molecule has 1 aliphatic heterocycles. The Kier molecular flexibility index (Phi) is 10.9. The molecule has 0 spiro atoms. The first-order chi connectivity index (χ1) is 20.8. The van der Waals surface area contributed by atoms with Crippen molar-refractivity contribution in [1.82, 2.24) is 15.2 Å². The number of nitrogens with one attached hydrogen (secondary N) is 2. The predicted octanol–water partition coefficient (Wildman–Crippen LogP) is 5.15. The monoisotopic (exact) mass is 600 g/mol. The average Bonchev–Trinajstić information content (AvgIpc) is 3.36. The van der Waals surface area contributed by atoms with Crippen LogP contribution in [0.4, 0.5) is 5.69 Å². The fourth-order valence-electron chi connectivity index (χ4n) is 5.59. The Hall–Kier alpha value is -3.85. The Morgan fingerprint density at radius 1 is 1.02 bits per heavy atom. The summed E-state index contributed by atoms with van der Waals surface area (Å²) in [6.45, 7) is 14.1. The van der Waals surface area contributed by atoms with E-state index in [-0.39, 0.29) is 11.8 Å². The molecule has 0 fully saturated rings. The maximum atomic E-state index is 13.0. The topological polar surface area (TPSA) is 86.6 Å². The fraction of sp³-hybridized carbons (Fsp3) is 0.314. The van der Waals surface area contributed by atoms with E-state index in [0.29, 0.717) is 30.9 Å². The number of hydrogen-bond acceptors (Lipinski definition) is 5. The van der Waals surface area contributed by atoms with Crippen LogP contribution < -0.4 is 14.9 Å². The Labute approximate surface area is 256 Å². The molecule has 5 rings (SSSR count). The molecule has 1 aromatic heterocycles. The van der Waals surface area contributed by atoms with E-state index >= 15 is 0 Å². The Morgan fingerprint density at radius 3 is 2.33 bits per heavy atom. The van der Waals surface area contributed by atoms with Crippen LogP contribution in [0.5, 0.6) is 0 Å². The van der Waals surface area contributed by atoms with E-state index in [9.17, 15) is 13.5 Å². The van der Waals surface area contributed by atoms with Gasteiger partial charge < -0.3 is 20.3 Å². The highest BCUT2D eigenvalue weighted by atomic mass is 32.2. The van der Waals surface area contributed by atoms with Crippen molar-refractivity contribution < 1.29 is 13.5 Å². The molecule has 43 heavy (non-hydrogen) atoms. The number of aromatic nitrogens is 1. The van der Waals surface area contributed by atoms with Crippen molar-refractivity contribution in [3.8, 4) is 0 Å². The maximum absolute atomic E-state index is 13.0. The van der Waals surface area contributed by atoms with Crippen LogP contribution in [0.2, 0.25) is 0 Å². The smallest absolute Gasteiger partial charge is 0.236 e. The quantitative estimate of drug-likeness (QED) is 0.155. The third-order valence-electron chi connectivity index (χ3n) is 8.02. The summed E-state index contributed by atoms with van der Waals surface area (Å²) in [5.74, 6) is 0.0578. The summed E-state index contributed by atoms with van der Waals surface area (Å²) >= 11 is 0. The van der Waals surface area contributed by atoms with Crippen molar-refractivity contribution in [2.45, 2.75) is 44.9 Å². The summed E-state index contributed by atoms with van der Waals surface area (Å²) in [5.41, 5.74) is 6.59. The summed E-state index contributed by atoms with van der Waals surface area (Å²) in [5, 5.41) is 19.3. The van der Waals surface area contributed by atoms with Gasteiger partial charge in [-0.3, -0.25) is 4.31 Å². The van der Waals surface area contributed by atoms with Gasteiger partial charge in [-0.2, -0.15) is 0 Å². The van der Waals surface area contributed by atoms with Crippen LogP contribution in [0, 0.1) is 0 Å². The van der Waals surface area contributed by atoms with Crippen molar-refractivity contribution in [1.29, 1.82) is 0 Å². The van der Waals surface area contributed by atoms with Gasteiger partial charge in [0.05, 0.1) is 29.1 Å². The van der Waals surface area contributed by atoms with Gasteiger partial charge in [0.2, 0.25) is 10.0 Å². The standard InChI is InChI=1S/C33H40N4O3S.C2H4/c1-4-27-23-37-17-18-41(39,40)36(3)31-21-28(20-29(27)33(31)37)24(2)35-30(19-26-13-9-6-10-14-26)32(38)22-34-16-15-25-11-7-5-8-12-25;1-2/h5-14,20-21,23,30,32,34-35,38H,2,4,15-19,22H2,1,3H3;1-2H2. The lowest BCUT2D eigenvalue weighted by Crippen LogP contribution is -2.46. The molecule has 0 radical (unpaired) electrons. The van der Waals surface area contributed by atoms with E-state index in [1.807, 2.05) is 42.5 Å². The van der Waals surface area contributed by atoms with E-state index in [0.717, 1.165) is 41.4 Å². The minimum absolute atomic E-state index is 0.0578. The summed E-state index contributed by atoms with van der Waals surface area (Å²) in [4.78, 5) is 0. The van der Waals surface area contributed by atoms with E-state index in [1.54, 1.807) is 7.05 Å². The lowest BCUT2D eigenvalue weighted by atomic mass is 9.99. The molecule has 7 nitrogen and oxygen atoms in total.